The molecule has 1 aromatic carbocycles. The SMILES string of the molecule is Cl.NCc1nc(C(=O)N(Cc2ccccc2C(F)(F)F)C2CCCC2)cs1. The molecule has 1 saturated carbocycles. The highest BCUT2D eigenvalue weighted by Crippen LogP contribution is 2.34. The number of benzene rings is 1. The summed E-state index contributed by atoms with van der Waals surface area (Å²) in [6.07, 6.45) is -0.906. The van der Waals surface area contributed by atoms with Gasteiger partial charge in [-0.3, -0.25) is 4.79 Å². The lowest BCUT2D eigenvalue weighted by Gasteiger charge is -2.29. The molecule has 0 spiro atoms. The van der Waals surface area contributed by atoms with Crippen molar-refractivity contribution in [1.82, 2.24) is 9.88 Å². The van der Waals surface area contributed by atoms with Crippen molar-refractivity contribution in [2.45, 2.75) is 51.0 Å². The lowest BCUT2D eigenvalue weighted by Crippen LogP contribution is -2.39. The van der Waals surface area contributed by atoms with E-state index in [4.69, 9.17) is 5.73 Å². The summed E-state index contributed by atoms with van der Waals surface area (Å²) in [6, 6.07) is 5.36. The average Bonchev–Trinajstić information content (AvgIpc) is 3.30. The number of thiazole rings is 1. The van der Waals surface area contributed by atoms with Gasteiger partial charge in [0, 0.05) is 24.5 Å². The third-order valence-corrected chi connectivity index (χ3v) is 5.51. The summed E-state index contributed by atoms with van der Waals surface area (Å²) in [4.78, 5) is 18.7. The number of rotatable bonds is 5. The van der Waals surface area contributed by atoms with Crippen LogP contribution in [0.15, 0.2) is 29.6 Å². The first-order valence-electron chi connectivity index (χ1n) is 8.50. The van der Waals surface area contributed by atoms with E-state index in [1.54, 1.807) is 16.3 Å². The Morgan fingerprint density at radius 1 is 1.26 bits per heavy atom. The highest BCUT2D eigenvalue weighted by atomic mass is 35.5. The van der Waals surface area contributed by atoms with Gasteiger partial charge in [0.05, 0.1) is 5.56 Å². The zero-order valence-corrected chi connectivity index (χ0v) is 16.2. The summed E-state index contributed by atoms with van der Waals surface area (Å²) in [6.45, 7) is 0.160. The summed E-state index contributed by atoms with van der Waals surface area (Å²) < 4.78 is 40.0. The molecule has 0 radical (unpaired) electrons. The Labute approximate surface area is 166 Å². The molecule has 2 aromatic rings. The molecule has 1 heterocycles. The number of aromatic nitrogens is 1. The summed E-state index contributed by atoms with van der Waals surface area (Å²) in [5, 5.41) is 2.26. The fraction of sp³-hybridized carbons (Fsp3) is 0.444. The molecule has 1 aliphatic carbocycles. The zero-order chi connectivity index (χ0) is 18.7. The van der Waals surface area contributed by atoms with Crippen molar-refractivity contribution < 1.29 is 18.0 Å². The lowest BCUT2D eigenvalue weighted by atomic mass is 10.0. The van der Waals surface area contributed by atoms with Crippen molar-refractivity contribution in [3.8, 4) is 0 Å². The predicted molar refractivity (Wildman–Crippen MR) is 101 cm³/mol. The normalized spacial score (nSPS) is 14.8. The van der Waals surface area contributed by atoms with Crippen molar-refractivity contribution in [1.29, 1.82) is 0 Å². The maximum absolute atomic E-state index is 13.3. The molecule has 0 aliphatic heterocycles. The Morgan fingerprint density at radius 2 is 1.93 bits per heavy atom. The molecule has 3 rings (SSSR count). The van der Waals surface area contributed by atoms with Crippen LogP contribution >= 0.6 is 23.7 Å². The smallest absolute Gasteiger partial charge is 0.330 e. The zero-order valence-electron chi connectivity index (χ0n) is 14.5. The van der Waals surface area contributed by atoms with Crippen LogP contribution < -0.4 is 5.73 Å². The van der Waals surface area contributed by atoms with Crippen LogP contribution in [0, 0.1) is 0 Å². The molecule has 1 amide bonds. The Bertz CT molecular complexity index is 775. The topological polar surface area (TPSA) is 59.2 Å². The molecular formula is C18H21ClF3N3OS. The van der Waals surface area contributed by atoms with E-state index in [9.17, 15) is 18.0 Å². The van der Waals surface area contributed by atoms with E-state index in [0.717, 1.165) is 31.7 Å². The lowest BCUT2D eigenvalue weighted by molar-refractivity contribution is -0.138. The van der Waals surface area contributed by atoms with Crippen LogP contribution in [-0.4, -0.2) is 21.8 Å². The van der Waals surface area contributed by atoms with E-state index < -0.39 is 11.7 Å². The number of hydrogen-bond donors (Lipinski definition) is 1. The van der Waals surface area contributed by atoms with E-state index in [0.29, 0.717) is 5.01 Å². The third kappa shape index (κ3) is 5.00. The van der Waals surface area contributed by atoms with E-state index in [1.807, 2.05) is 0 Å². The molecule has 148 valence electrons. The van der Waals surface area contributed by atoms with Crippen molar-refractivity contribution >= 4 is 29.7 Å². The van der Waals surface area contributed by atoms with E-state index in [1.165, 1.54) is 23.5 Å². The molecule has 2 N–H and O–H groups in total. The molecule has 4 nitrogen and oxygen atoms in total. The number of amides is 1. The van der Waals surface area contributed by atoms with E-state index in [-0.39, 0.29) is 48.7 Å². The average molecular weight is 420 g/mol. The summed E-state index contributed by atoms with van der Waals surface area (Å²) in [5.41, 5.74) is 5.22. The van der Waals surface area contributed by atoms with Crippen LogP contribution in [0.25, 0.3) is 0 Å². The van der Waals surface area contributed by atoms with Gasteiger partial charge in [0.1, 0.15) is 10.7 Å². The van der Waals surface area contributed by atoms with Gasteiger partial charge in [-0.15, -0.1) is 23.7 Å². The van der Waals surface area contributed by atoms with Crippen molar-refractivity contribution in [3.05, 3.63) is 51.5 Å². The van der Waals surface area contributed by atoms with Gasteiger partial charge in [-0.1, -0.05) is 31.0 Å². The van der Waals surface area contributed by atoms with Gasteiger partial charge in [-0.05, 0) is 24.5 Å². The first-order valence-corrected chi connectivity index (χ1v) is 9.38. The van der Waals surface area contributed by atoms with Crippen LogP contribution in [0.3, 0.4) is 0 Å². The third-order valence-electron chi connectivity index (χ3n) is 4.64. The molecule has 1 aliphatic rings. The Hall–Kier alpha value is -1.64. The standard InChI is InChI=1S/C18H20F3N3OS.ClH/c19-18(20,21)14-8-4-1-5-12(14)10-24(13-6-2-3-7-13)17(25)15-11-26-16(9-22)23-15;/h1,4-5,8,11,13H,2-3,6-7,9-10,22H2;1H. The van der Waals surface area contributed by atoms with Crippen molar-refractivity contribution in [3.63, 3.8) is 0 Å². The van der Waals surface area contributed by atoms with Gasteiger partial charge in [0.15, 0.2) is 0 Å². The monoisotopic (exact) mass is 419 g/mol. The first-order chi connectivity index (χ1) is 12.4. The highest BCUT2D eigenvalue weighted by molar-refractivity contribution is 7.09. The maximum atomic E-state index is 13.3. The summed E-state index contributed by atoms with van der Waals surface area (Å²) in [5.74, 6) is -0.329. The van der Waals surface area contributed by atoms with Gasteiger partial charge in [0.2, 0.25) is 0 Å². The minimum Gasteiger partial charge on any atom is -0.330 e. The number of nitrogens with two attached hydrogens (primary N) is 1. The Balaban J connectivity index is 0.00000261. The second-order valence-electron chi connectivity index (χ2n) is 6.36. The quantitative estimate of drug-likeness (QED) is 0.768. The number of halogens is 4. The molecular weight excluding hydrogens is 399 g/mol. The summed E-state index contributed by atoms with van der Waals surface area (Å²) in [7, 11) is 0. The second-order valence-corrected chi connectivity index (χ2v) is 7.30. The molecule has 0 bridgehead atoms. The number of hydrogen-bond acceptors (Lipinski definition) is 4. The highest BCUT2D eigenvalue weighted by Gasteiger charge is 2.35. The minimum absolute atomic E-state index is 0. The van der Waals surface area contributed by atoms with E-state index in [2.05, 4.69) is 4.98 Å². The van der Waals surface area contributed by atoms with Crippen LogP contribution in [0.5, 0.6) is 0 Å². The first kappa shape index (κ1) is 21.7. The fourth-order valence-electron chi connectivity index (χ4n) is 3.35. The molecule has 27 heavy (non-hydrogen) atoms. The van der Waals surface area contributed by atoms with Gasteiger partial charge >= 0.3 is 6.18 Å². The van der Waals surface area contributed by atoms with Gasteiger partial charge in [0.25, 0.3) is 5.91 Å². The minimum atomic E-state index is -4.45. The molecule has 1 fully saturated rings. The van der Waals surface area contributed by atoms with Gasteiger partial charge in [-0.25, -0.2) is 4.98 Å². The Morgan fingerprint density at radius 3 is 2.52 bits per heavy atom. The largest absolute Gasteiger partial charge is 0.416 e. The van der Waals surface area contributed by atoms with Crippen LogP contribution in [0.4, 0.5) is 13.2 Å². The molecule has 1 aromatic heterocycles. The molecule has 0 atom stereocenters. The number of alkyl halides is 3. The molecule has 0 saturated heterocycles. The van der Waals surface area contributed by atoms with Crippen molar-refractivity contribution in [2.24, 2.45) is 5.73 Å². The number of carbonyl (C=O) groups excluding carboxylic acids is 1. The Kier molecular flexibility index (Phi) is 7.25. The maximum Gasteiger partial charge on any atom is 0.416 e. The number of carbonyl (C=O) groups is 1. The van der Waals surface area contributed by atoms with Gasteiger partial charge < -0.3 is 10.6 Å². The molecule has 0 unspecified atom stereocenters. The fourth-order valence-corrected chi connectivity index (χ4v) is 4.00. The van der Waals surface area contributed by atoms with Crippen LogP contribution in [0.2, 0.25) is 0 Å². The molecule has 9 heteroatoms. The predicted octanol–water partition coefficient (Wildman–Crippen LogP) is 4.63. The van der Waals surface area contributed by atoms with Crippen LogP contribution in [0.1, 0.15) is 52.3 Å². The summed E-state index contributed by atoms with van der Waals surface area (Å²) >= 11 is 1.29. The van der Waals surface area contributed by atoms with E-state index >= 15 is 0 Å². The van der Waals surface area contributed by atoms with Gasteiger partial charge in [-0.2, -0.15) is 13.2 Å². The van der Waals surface area contributed by atoms with Crippen molar-refractivity contribution in [2.75, 3.05) is 0 Å². The second kappa shape index (κ2) is 9.03. The van der Waals surface area contributed by atoms with Crippen LogP contribution in [-0.2, 0) is 19.3 Å². The number of nitrogens with zero attached hydrogens (tertiary/aromatic N) is 2.